The minimum atomic E-state index is -1.03. The van der Waals surface area contributed by atoms with Gasteiger partial charge in [-0.05, 0) is 20.8 Å². The second-order valence-corrected chi connectivity index (χ2v) is 4.92. The van der Waals surface area contributed by atoms with E-state index in [0.29, 0.717) is 13.1 Å². The second kappa shape index (κ2) is 6.83. The van der Waals surface area contributed by atoms with Gasteiger partial charge in [-0.3, -0.25) is 4.79 Å². The van der Waals surface area contributed by atoms with E-state index >= 15 is 0 Å². The summed E-state index contributed by atoms with van der Waals surface area (Å²) < 4.78 is 0. The van der Waals surface area contributed by atoms with Crippen molar-refractivity contribution in [1.29, 1.82) is 0 Å². The van der Waals surface area contributed by atoms with E-state index in [1.165, 1.54) is 9.80 Å². The molecule has 0 spiro atoms. The first kappa shape index (κ1) is 16.2. The number of aliphatic carboxylic acids is 1. The Balaban J connectivity index is 5.07. The van der Waals surface area contributed by atoms with Crippen molar-refractivity contribution < 1.29 is 14.7 Å². The first-order valence-electron chi connectivity index (χ1n) is 5.74. The molecular weight excluding hydrogens is 232 g/mol. The average molecular weight is 254 g/mol. The molecule has 1 N–H and O–H groups in total. The zero-order chi connectivity index (χ0) is 14.3. The maximum Gasteiger partial charge on any atom is 0.323 e. The van der Waals surface area contributed by atoms with E-state index < -0.39 is 11.5 Å². The van der Waals surface area contributed by atoms with Gasteiger partial charge < -0.3 is 14.9 Å². The first-order valence-corrected chi connectivity index (χ1v) is 5.74. The maximum absolute atomic E-state index is 12.3. The molecule has 0 bridgehead atoms. The summed E-state index contributed by atoms with van der Waals surface area (Å²) in [6.07, 6.45) is 3.20. The SMILES string of the molecule is C=CCN(CC=C)C(=O)N(CC(=O)O)C(C)(C)C. The normalized spacial score (nSPS) is 10.6. The lowest BCUT2D eigenvalue weighted by atomic mass is 10.1. The Morgan fingerprint density at radius 3 is 1.89 bits per heavy atom. The summed E-state index contributed by atoms with van der Waals surface area (Å²) >= 11 is 0. The van der Waals surface area contributed by atoms with E-state index in [9.17, 15) is 9.59 Å². The fourth-order valence-electron chi connectivity index (χ4n) is 1.44. The van der Waals surface area contributed by atoms with Crippen LogP contribution in [0.4, 0.5) is 4.79 Å². The fourth-order valence-corrected chi connectivity index (χ4v) is 1.44. The highest BCUT2D eigenvalue weighted by atomic mass is 16.4. The van der Waals surface area contributed by atoms with Gasteiger partial charge in [0.15, 0.2) is 0 Å². The van der Waals surface area contributed by atoms with Gasteiger partial charge in [-0.25, -0.2) is 4.79 Å². The van der Waals surface area contributed by atoms with Crippen LogP contribution in [0.5, 0.6) is 0 Å². The van der Waals surface area contributed by atoms with Crippen molar-refractivity contribution in [2.45, 2.75) is 26.3 Å². The first-order chi connectivity index (χ1) is 8.23. The van der Waals surface area contributed by atoms with Gasteiger partial charge in [0.05, 0.1) is 0 Å². The molecule has 0 aromatic carbocycles. The highest BCUT2D eigenvalue weighted by Crippen LogP contribution is 2.15. The molecule has 0 saturated heterocycles. The fraction of sp³-hybridized carbons (Fsp3) is 0.538. The highest BCUT2D eigenvalue weighted by Gasteiger charge is 2.30. The van der Waals surface area contributed by atoms with Crippen LogP contribution in [-0.4, -0.2) is 52.1 Å². The number of nitrogens with zero attached hydrogens (tertiary/aromatic N) is 2. The van der Waals surface area contributed by atoms with Gasteiger partial charge in [-0.15, -0.1) is 13.2 Å². The van der Waals surface area contributed by atoms with Crippen molar-refractivity contribution in [2.24, 2.45) is 0 Å². The molecule has 0 aliphatic heterocycles. The molecule has 0 aliphatic rings. The molecule has 0 fully saturated rings. The molecule has 0 radical (unpaired) electrons. The summed E-state index contributed by atoms with van der Waals surface area (Å²) in [4.78, 5) is 26.0. The number of amides is 2. The Kier molecular flexibility index (Phi) is 6.16. The minimum absolute atomic E-state index is 0.326. The highest BCUT2D eigenvalue weighted by molar-refractivity contribution is 5.81. The zero-order valence-corrected chi connectivity index (χ0v) is 11.3. The molecule has 0 aromatic rings. The van der Waals surface area contributed by atoms with Gasteiger partial charge in [-0.2, -0.15) is 0 Å². The third-order valence-electron chi connectivity index (χ3n) is 2.30. The van der Waals surface area contributed by atoms with Gasteiger partial charge in [0.1, 0.15) is 6.54 Å². The Morgan fingerprint density at radius 1 is 1.17 bits per heavy atom. The van der Waals surface area contributed by atoms with Crippen LogP contribution in [0.1, 0.15) is 20.8 Å². The van der Waals surface area contributed by atoms with Crippen molar-refractivity contribution in [3.8, 4) is 0 Å². The number of hydrogen-bond acceptors (Lipinski definition) is 2. The van der Waals surface area contributed by atoms with E-state index in [4.69, 9.17) is 5.11 Å². The Bertz CT molecular complexity index is 322. The molecule has 0 unspecified atom stereocenters. The largest absolute Gasteiger partial charge is 0.480 e. The van der Waals surface area contributed by atoms with Crippen molar-refractivity contribution in [1.82, 2.24) is 9.80 Å². The predicted octanol–water partition coefficient (Wildman–Crippen LogP) is 1.97. The quantitative estimate of drug-likeness (QED) is 0.737. The van der Waals surface area contributed by atoms with E-state index in [1.807, 2.05) is 0 Å². The molecular formula is C13H22N2O3. The molecule has 0 aliphatic carbocycles. The second-order valence-electron chi connectivity index (χ2n) is 4.92. The smallest absolute Gasteiger partial charge is 0.323 e. The van der Waals surface area contributed by atoms with Crippen LogP contribution in [-0.2, 0) is 4.79 Å². The number of rotatable bonds is 6. The Labute approximate surface area is 108 Å². The molecule has 18 heavy (non-hydrogen) atoms. The molecule has 0 heterocycles. The summed E-state index contributed by atoms with van der Waals surface area (Å²) in [5.74, 6) is -1.03. The molecule has 0 aromatic heterocycles. The topological polar surface area (TPSA) is 60.9 Å². The van der Waals surface area contributed by atoms with Crippen LogP contribution in [0.2, 0.25) is 0 Å². The van der Waals surface area contributed by atoms with Crippen molar-refractivity contribution in [2.75, 3.05) is 19.6 Å². The molecule has 5 nitrogen and oxygen atoms in total. The Morgan fingerprint density at radius 2 is 1.61 bits per heavy atom. The third kappa shape index (κ3) is 5.03. The van der Waals surface area contributed by atoms with Gasteiger partial charge in [-0.1, -0.05) is 12.2 Å². The third-order valence-corrected chi connectivity index (χ3v) is 2.30. The summed E-state index contributed by atoms with van der Waals surface area (Å²) in [6, 6.07) is -0.329. The zero-order valence-electron chi connectivity index (χ0n) is 11.3. The van der Waals surface area contributed by atoms with Gasteiger partial charge in [0.2, 0.25) is 0 Å². The van der Waals surface area contributed by atoms with E-state index in [2.05, 4.69) is 13.2 Å². The maximum atomic E-state index is 12.3. The van der Waals surface area contributed by atoms with Crippen molar-refractivity contribution >= 4 is 12.0 Å². The number of carboxylic acids is 1. The monoisotopic (exact) mass is 254 g/mol. The lowest BCUT2D eigenvalue weighted by molar-refractivity contribution is -0.138. The summed E-state index contributed by atoms with van der Waals surface area (Å²) in [5, 5.41) is 8.88. The average Bonchev–Trinajstić information content (AvgIpc) is 2.23. The summed E-state index contributed by atoms with van der Waals surface area (Å²) in [6.45, 7) is 13.0. The van der Waals surface area contributed by atoms with E-state index in [0.717, 1.165) is 0 Å². The summed E-state index contributed by atoms with van der Waals surface area (Å²) in [7, 11) is 0. The van der Waals surface area contributed by atoms with Gasteiger partial charge >= 0.3 is 12.0 Å². The molecule has 2 amide bonds. The van der Waals surface area contributed by atoms with Crippen LogP contribution in [0.15, 0.2) is 25.3 Å². The molecule has 0 saturated carbocycles. The van der Waals surface area contributed by atoms with Crippen LogP contribution >= 0.6 is 0 Å². The summed E-state index contributed by atoms with van der Waals surface area (Å²) in [5.41, 5.74) is -0.559. The Hall–Kier alpha value is -1.78. The molecule has 102 valence electrons. The van der Waals surface area contributed by atoms with Crippen LogP contribution < -0.4 is 0 Å². The van der Waals surface area contributed by atoms with Crippen LogP contribution in [0, 0.1) is 0 Å². The van der Waals surface area contributed by atoms with E-state index in [-0.39, 0.29) is 12.6 Å². The molecule has 0 rings (SSSR count). The lowest BCUT2D eigenvalue weighted by Gasteiger charge is -2.37. The van der Waals surface area contributed by atoms with E-state index in [1.54, 1.807) is 32.9 Å². The van der Waals surface area contributed by atoms with Crippen LogP contribution in [0.25, 0.3) is 0 Å². The van der Waals surface area contributed by atoms with Crippen molar-refractivity contribution in [3.05, 3.63) is 25.3 Å². The number of hydrogen-bond donors (Lipinski definition) is 1. The number of carboxylic acid groups (broad SMARTS) is 1. The molecule has 0 atom stereocenters. The van der Waals surface area contributed by atoms with Crippen LogP contribution in [0.3, 0.4) is 0 Å². The number of carbonyl (C=O) groups excluding carboxylic acids is 1. The lowest BCUT2D eigenvalue weighted by Crippen LogP contribution is -2.53. The number of carbonyl (C=O) groups is 2. The standard InChI is InChI=1S/C13H22N2O3/c1-6-8-14(9-7-2)12(18)15(10-11(16)17)13(3,4)5/h6-7H,1-2,8-10H2,3-5H3,(H,16,17). The van der Waals surface area contributed by atoms with Gasteiger partial charge in [0, 0.05) is 18.6 Å². The molecule has 5 heteroatoms. The van der Waals surface area contributed by atoms with Gasteiger partial charge in [0.25, 0.3) is 0 Å². The number of urea groups is 1. The minimum Gasteiger partial charge on any atom is -0.480 e. The van der Waals surface area contributed by atoms with Crippen molar-refractivity contribution in [3.63, 3.8) is 0 Å². The predicted molar refractivity (Wildman–Crippen MR) is 71.5 cm³/mol.